The van der Waals surface area contributed by atoms with Gasteiger partial charge >= 0.3 is 5.97 Å². The second-order valence-corrected chi connectivity index (χ2v) is 3.49. The molecule has 0 fully saturated rings. The lowest BCUT2D eigenvalue weighted by atomic mass is 9.97. The van der Waals surface area contributed by atoms with E-state index in [0.717, 1.165) is 13.0 Å². The lowest BCUT2D eigenvalue weighted by molar-refractivity contribution is -0.144. The van der Waals surface area contributed by atoms with Crippen LogP contribution in [0.15, 0.2) is 24.3 Å². The van der Waals surface area contributed by atoms with Crippen LogP contribution in [-0.2, 0) is 4.79 Å². The number of carboxylic acid groups (broad SMARTS) is 1. The Morgan fingerprint density at radius 1 is 1.31 bits per heavy atom. The Morgan fingerprint density at radius 3 is 2.92 bits per heavy atom. The zero-order chi connectivity index (χ0) is 9.26. The third-order valence-electron chi connectivity index (χ3n) is 2.69. The first-order valence-electron chi connectivity index (χ1n) is 4.59. The first kappa shape index (κ1) is 8.51. The fourth-order valence-corrected chi connectivity index (χ4v) is 1.99. The predicted octanol–water partition coefficient (Wildman–Crippen LogP) is 1.03. The highest BCUT2D eigenvalue weighted by Crippen LogP contribution is 2.22. The van der Waals surface area contributed by atoms with Crippen LogP contribution in [0.2, 0.25) is 0 Å². The van der Waals surface area contributed by atoms with Crippen molar-refractivity contribution in [3.05, 3.63) is 24.3 Å². The Labute approximate surface area is 77.3 Å². The van der Waals surface area contributed by atoms with Crippen molar-refractivity contribution in [1.29, 1.82) is 0 Å². The molecule has 0 saturated carbocycles. The smallest absolute Gasteiger partial charge is 0.321 e. The molecule has 0 spiro atoms. The van der Waals surface area contributed by atoms with Gasteiger partial charge < -0.3 is 5.11 Å². The summed E-state index contributed by atoms with van der Waals surface area (Å²) in [5.41, 5.74) is 0. The van der Waals surface area contributed by atoms with Gasteiger partial charge in [-0.2, -0.15) is 0 Å². The molecular weight excluding hydrogens is 166 g/mol. The molecule has 0 unspecified atom stereocenters. The van der Waals surface area contributed by atoms with Crippen LogP contribution < -0.4 is 0 Å². The summed E-state index contributed by atoms with van der Waals surface area (Å²) in [5.74, 6) is -0.704. The molecule has 0 bridgehead atoms. The molecule has 2 aliphatic rings. The van der Waals surface area contributed by atoms with Crippen molar-refractivity contribution >= 4 is 5.97 Å². The maximum Gasteiger partial charge on any atom is 0.321 e. The van der Waals surface area contributed by atoms with Gasteiger partial charge in [-0.3, -0.25) is 9.69 Å². The van der Waals surface area contributed by atoms with Gasteiger partial charge in [-0.25, -0.2) is 0 Å². The number of carbonyl (C=O) groups is 1. The first-order chi connectivity index (χ1) is 6.29. The first-order valence-corrected chi connectivity index (χ1v) is 4.59. The van der Waals surface area contributed by atoms with Crippen molar-refractivity contribution in [3.8, 4) is 0 Å². The van der Waals surface area contributed by atoms with E-state index < -0.39 is 5.97 Å². The molecule has 0 aromatic rings. The van der Waals surface area contributed by atoms with Crippen molar-refractivity contribution in [2.24, 2.45) is 0 Å². The minimum absolute atomic E-state index is 0.305. The Morgan fingerprint density at radius 2 is 2.15 bits per heavy atom. The van der Waals surface area contributed by atoms with Gasteiger partial charge in [0.1, 0.15) is 6.04 Å². The maximum atomic E-state index is 10.9. The van der Waals surface area contributed by atoms with E-state index in [0.29, 0.717) is 12.5 Å². The summed E-state index contributed by atoms with van der Waals surface area (Å²) in [4.78, 5) is 13.0. The van der Waals surface area contributed by atoms with Crippen LogP contribution >= 0.6 is 0 Å². The van der Waals surface area contributed by atoms with E-state index in [9.17, 15) is 4.79 Å². The quantitative estimate of drug-likeness (QED) is 0.611. The van der Waals surface area contributed by atoms with E-state index in [1.165, 1.54) is 0 Å². The van der Waals surface area contributed by atoms with E-state index >= 15 is 0 Å². The minimum Gasteiger partial charge on any atom is -0.480 e. The van der Waals surface area contributed by atoms with Crippen molar-refractivity contribution < 1.29 is 9.90 Å². The molecule has 0 aromatic carbocycles. The van der Waals surface area contributed by atoms with E-state index in [-0.39, 0.29) is 6.04 Å². The Hall–Kier alpha value is -1.09. The van der Waals surface area contributed by atoms with Gasteiger partial charge in [0.05, 0.1) is 0 Å². The highest BCUT2D eigenvalue weighted by atomic mass is 16.4. The van der Waals surface area contributed by atoms with Gasteiger partial charge in [-0.05, 0) is 12.8 Å². The second-order valence-electron chi connectivity index (χ2n) is 3.49. The highest BCUT2D eigenvalue weighted by molar-refractivity contribution is 5.74. The van der Waals surface area contributed by atoms with E-state index in [1.54, 1.807) is 0 Å². The fraction of sp³-hybridized carbons (Fsp3) is 0.500. The molecule has 2 heterocycles. The standard InChI is InChI=1S/C10H13NO2/c12-10(13)9-6-3-5-8-4-1-2-7-11(8)9/h1-3,5,8-9H,4,6-7H2,(H,12,13)/t8-,9-/m0/s1. The summed E-state index contributed by atoms with van der Waals surface area (Å²) in [7, 11) is 0. The third kappa shape index (κ3) is 1.52. The monoisotopic (exact) mass is 179 g/mol. The molecule has 0 aliphatic carbocycles. The molecule has 3 heteroatoms. The number of hydrogen-bond acceptors (Lipinski definition) is 2. The van der Waals surface area contributed by atoms with Crippen molar-refractivity contribution in [3.63, 3.8) is 0 Å². The summed E-state index contributed by atoms with van der Waals surface area (Å²) in [6, 6.07) is -0.0141. The van der Waals surface area contributed by atoms with E-state index in [2.05, 4.69) is 12.2 Å². The Balaban J connectivity index is 2.19. The third-order valence-corrected chi connectivity index (χ3v) is 2.69. The zero-order valence-electron chi connectivity index (χ0n) is 7.39. The normalized spacial score (nSPS) is 32.9. The summed E-state index contributed by atoms with van der Waals surface area (Å²) in [6.07, 6.45) is 9.85. The molecular formula is C10H13NO2. The Kier molecular flexibility index (Phi) is 2.19. The summed E-state index contributed by atoms with van der Waals surface area (Å²) < 4.78 is 0. The second kappa shape index (κ2) is 3.34. The summed E-state index contributed by atoms with van der Waals surface area (Å²) in [5, 5.41) is 8.98. The molecule has 0 saturated heterocycles. The van der Waals surface area contributed by atoms with Gasteiger partial charge in [0.2, 0.25) is 0 Å². The number of hydrogen-bond donors (Lipinski definition) is 1. The largest absolute Gasteiger partial charge is 0.480 e. The van der Waals surface area contributed by atoms with Crippen LogP contribution in [0.25, 0.3) is 0 Å². The SMILES string of the molecule is O=C(O)[C@@H]1CC=C[C@@H]2CC=CCN21. The van der Waals surface area contributed by atoms with Crippen LogP contribution in [0.5, 0.6) is 0 Å². The van der Waals surface area contributed by atoms with Gasteiger partial charge in [-0.15, -0.1) is 0 Å². The van der Waals surface area contributed by atoms with Crippen molar-refractivity contribution in [2.45, 2.75) is 24.9 Å². The van der Waals surface area contributed by atoms with E-state index in [4.69, 9.17) is 5.11 Å². The maximum absolute atomic E-state index is 10.9. The Bertz CT molecular complexity index is 270. The molecule has 70 valence electrons. The molecule has 0 amide bonds. The highest BCUT2D eigenvalue weighted by Gasteiger charge is 2.31. The molecule has 2 atom stereocenters. The number of rotatable bonds is 1. The fourth-order valence-electron chi connectivity index (χ4n) is 1.99. The van der Waals surface area contributed by atoms with Crippen LogP contribution in [0.1, 0.15) is 12.8 Å². The summed E-state index contributed by atoms with van der Waals surface area (Å²) >= 11 is 0. The van der Waals surface area contributed by atoms with Crippen LogP contribution in [0.3, 0.4) is 0 Å². The molecule has 13 heavy (non-hydrogen) atoms. The van der Waals surface area contributed by atoms with Gasteiger partial charge in [0.25, 0.3) is 0 Å². The van der Waals surface area contributed by atoms with Crippen molar-refractivity contribution in [1.82, 2.24) is 4.90 Å². The number of aliphatic carboxylic acids is 1. The van der Waals surface area contributed by atoms with E-state index in [1.807, 2.05) is 17.1 Å². The number of nitrogens with zero attached hydrogens (tertiary/aromatic N) is 1. The molecule has 1 N–H and O–H groups in total. The molecule has 0 aromatic heterocycles. The summed E-state index contributed by atoms with van der Waals surface area (Å²) in [6.45, 7) is 0.770. The van der Waals surface area contributed by atoms with Gasteiger partial charge in [0, 0.05) is 12.6 Å². The topological polar surface area (TPSA) is 40.5 Å². The minimum atomic E-state index is -0.704. The molecule has 3 nitrogen and oxygen atoms in total. The van der Waals surface area contributed by atoms with Gasteiger partial charge in [-0.1, -0.05) is 24.3 Å². The number of fused-ring (bicyclic) bond motifs is 1. The lowest BCUT2D eigenvalue weighted by Gasteiger charge is -2.37. The average molecular weight is 179 g/mol. The van der Waals surface area contributed by atoms with Crippen molar-refractivity contribution in [2.75, 3.05) is 6.54 Å². The molecule has 2 aliphatic heterocycles. The lowest BCUT2D eigenvalue weighted by Crippen LogP contribution is -2.49. The number of carboxylic acids is 1. The van der Waals surface area contributed by atoms with Crippen LogP contribution in [0.4, 0.5) is 0 Å². The van der Waals surface area contributed by atoms with Gasteiger partial charge in [0.15, 0.2) is 0 Å². The molecule has 2 rings (SSSR count). The van der Waals surface area contributed by atoms with Crippen LogP contribution in [0, 0.1) is 0 Å². The average Bonchev–Trinajstić information content (AvgIpc) is 2.17. The molecule has 0 radical (unpaired) electrons. The van der Waals surface area contributed by atoms with Crippen LogP contribution in [-0.4, -0.2) is 34.6 Å². The zero-order valence-corrected chi connectivity index (χ0v) is 7.39. The predicted molar refractivity (Wildman–Crippen MR) is 49.4 cm³/mol.